The zero-order chi connectivity index (χ0) is 18.2. The number of aliphatic hydroxyl groups excluding tert-OH is 6. The Labute approximate surface area is 137 Å². The topological polar surface area (TPSA) is 131 Å². The Balaban J connectivity index is 4.76. The lowest BCUT2D eigenvalue weighted by Gasteiger charge is -2.34. The molecular weight excluding hydrogens is 304 g/mol. The minimum Gasteiger partial charge on any atom is -0.394 e. The molecule has 0 aromatic carbocycles. The van der Waals surface area contributed by atoms with Crippen LogP contribution in [0, 0.1) is 0 Å². The van der Waals surface area contributed by atoms with Crippen LogP contribution in [0.3, 0.4) is 0 Å². The maximum absolute atomic E-state index is 9.92. The fraction of sp³-hybridized carbons (Fsp3) is 0.750. The first-order valence-electron chi connectivity index (χ1n) is 7.54. The number of hydrogen-bond acceptors (Lipinski definition) is 7. The summed E-state index contributed by atoms with van der Waals surface area (Å²) >= 11 is 0. The van der Waals surface area contributed by atoms with Gasteiger partial charge in [-0.1, -0.05) is 17.7 Å². The highest BCUT2D eigenvalue weighted by Gasteiger charge is 2.37. The van der Waals surface area contributed by atoms with Crippen molar-refractivity contribution >= 4 is 0 Å². The van der Waals surface area contributed by atoms with Gasteiger partial charge in [-0.05, 0) is 33.6 Å². The van der Waals surface area contributed by atoms with Crippen molar-refractivity contribution in [3.05, 3.63) is 24.3 Å². The maximum atomic E-state index is 9.92. The molecule has 0 rings (SSSR count). The molecule has 0 aromatic rings. The Morgan fingerprint density at radius 2 is 1.65 bits per heavy atom. The highest BCUT2D eigenvalue weighted by atomic mass is 16.6. The van der Waals surface area contributed by atoms with Gasteiger partial charge in [0.25, 0.3) is 0 Å². The first-order valence-corrected chi connectivity index (χ1v) is 7.54. The van der Waals surface area contributed by atoms with Crippen LogP contribution in [0.4, 0.5) is 0 Å². The number of aliphatic hydroxyl groups is 6. The van der Waals surface area contributed by atoms with Gasteiger partial charge in [0, 0.05) is 0 Å². The highest BCUT2D eigenvalue weighted by molar-refractivity contribution is 4.99. The average Bonchev–Trinajstić information content (AvgIpc) is 2.51. The molecule has 0 amide bonds. The van der Waals surface area contributed by atoms with Gasteiger partial charge in [0.15, 0.2) is 6.29 Å². The molecule has 0 saturated carbocycles. The predicted octanol–water partition coefficient (Wildman–Crippen LogP) is -0.552. The molecule has 0 aromatic heterocycles. The predicted molar refractivity (Wildman–Crippen MR) is 85.5 cm³/mol. The van der Waals surface area contributed by atoms with Crippen molar-refractivity contribution in [1.29, 1.82) is 0 Å². The summed E-state index contributed by atoms with van der Waals surface area (Å²) in [5, 5.41) is 57.0. The van der Waals surface area contributed by atoms with Gasteiger partial charge >= 0.3 is 0 Å². The molecule has 6 N–H and O–H groups in total. The Hall–Kier alpha value is -0.800. The van der Waals surface area contributed by atoms with Crippen molar-refractivity contribution in [1.82, 2.24) is 0 Å². The minimum absolute atomic E-state index is 0.489. The fourth-order valence-corrected chi connectivity index (χ4v) is 1.91. The standard InChI is InChI=1S/C16H30O7/c1-5-16(4,8-6-7-10(2)3)23-15(22)14(21)13(20)12(19)11(18)9-17/h5,7,11-15,17-22H,1,6,8-9H2,2-4H3/t11-,12-,13+,14-,15?,16?/m1/s1. The van der Waals surface area contributed by atoms with Crippen LogP contribution in [0.15, 0.2) is 24.3 Å². The fourth-order valence-electron chi connectivity index (χ4n) is 1.91. The van der Waals surface area contributed by atoms with Crippen molar-refractivity contribution in [3.8, 4) is 0 Å². The molecule has 0 bridgehead atoms. The SMILES string of the molecule is C=CC(C)(CCC=C(C)C)OC(O)[C@H](O)[C@@H](O)[C@H](O)[C@H](O)CO. The van der Waals surface area contributed by atoms with Crippen LogP contribution < -0.4 is 0 Å². The molecule has 0 fully saturated rings. The summed E-state index contributed by atoms with van der Waals surface area (Å²) in [5.74, 6) is 0. The maximum Gasteiger partial charge on any atom is 0.184 e. The summed E-state index contributed by atoms with van der Waals surface area (Å²) < 4.78 is 5.36. The second-order valence-electron chi connectivity index (χ2n) is 6.07. The van der Waals surface area contributed by atoms with Crippen molar-refractivity contribution in [3.63, 3.8) is 0 Å². The molecule has 23 heavy (non-hydrogen) atoms. The van der Waals surface area contributed by atoms with Gasteiger partial charge in [-0.15, -0.1) is 6.58 Å². The molecule has 0 saturated heterocycles. The average molecular weight is 334 g/mol. The summed E-state index contributed by atoms with van der Waals surface area (Å²) in [6, 6.07) is 0. The number of allylic oxidation sites excluding steroid dienone is 2. The smallest absolute Gasteiger partial charge is 0.184 e. The van der Waals surface area contributed by atoms with E-state index in [1.807, 2.05) is 19.9 Å². The summed E-state index contributed by atoms with van der Waals surface area (Å²) in [5.41, 5.74) is 0.181. The van der Waals surface area contributed by atoms with E-state index in [-0.39, 0.29) is 0 Å². The third-order valence-corrected chi connectivity index (χ3v) is 3.59. The normalized spacial score (nSPS) is 20.7. The van der Waals surface area contributed by atoms with Crippen LogP contribution in [0.2, 0.25) is 0 Å². The van der Waals surface area contributed by atoms with Crippen LogP contribution in [0.1, 0.15) is 33.6 Å². The van der Waals surface area contributed by atoms with E-state index in [1.165, 1.54) is 6.08 Å². The molecule has 0 aliphatic carbocycles. The van der Waals surface area contributed by atoms with E-state index in [9.17, 15) is 25.5 Å². The Morgan fingerprint density at radius 1 is 1.09 bits per heavy atom. The second-order valence-corrected chi connectivity index (χ2v) is 6.07. The zero-order valence-electron chi connectivity index (χ0n) is 14.0. The van der Waals surface area contributed by atoms with Crippen LogP contribution in [-0.4, -0.2) is 73.6 Å². The van der Waals surface area contributed by atoms with Crippen LogP contribution in [0.5, 0.6) is 0 Å². The van der Waals surface area contributed by atoms with Crippen LogP contribution in [-0.2, 0) is 4.74 Å². The minimum atomic E-state index is -1.89. The molecule has 136 valence electrons. The summed E-state index contributed by atoms with van der Waals surface area (Å²) in [6.45, 7) is 8.42. The Kier molecular flexibility index (Phi) is 9.79. The van der Waals surface area contributed by atoms with Crippen molar-refractivity contribution < 1.29 is 35.4 Å². The molecule has 7 heteroatoms. The van der Waals surface area contributed by atoms with E-state index >= 15 is 0 Å². The van der Waals surface area contributed by atoms with Gasteiger partial charge < -0.3 is 35.4 Å². The van der Waals surface area contributed by atoms with E-state index in [0.717, 1.165) is 5.57 Å². The monoisotopic (exact) mass is 334 g/mol. The zero-order valence-corrected chi connectivity index (χ0v) is 14.0. The van der Waals surface area contributed by atoms with E-state index in [1.54, 1.807) is 6.92 Å². The third-order valence-electron chi connectivity index (χ3n) is 3.59. The first-order chi connectivity index (χ1) is 10.6. The number of hydrogen-bond donors (Lipinski definition) is 6. The molecule has 0 spiro atoms. The van der Waals surface area contributed by atoms with Crippen molar-refractivity contribution in [2.75, 3.05) is 6.61 Å². The molecular formula is C16H30O7. The van der Waals surface area contributed by atoms with E-state index in [2.05, 4.69) is 6.58 Å². The van der Waals surface area contributed by atoms with Crippen molar-refractivity contribution in [2.24, 2.45) is 0 Å². The molecule has 2 unspecified atom stereocenters. The molecule has 0 heterocycles. The molecule has 0 aliphatic rings. The van der Waals surface area contributed by atoms with E-state index in [0.29, 0.717) is 12.8 Å². The summed E-state index contributed by atoms with van der Waals surface area (Å²) in [6.07, 6.45) is -4.40. The number of ether oxygens (including phenoxy) is 1. The number of rotatable bonds is 11. The van der Waals surface area contributed by atoms with Gasteiger partial charge in [-0.3, -0.25) is 0 Å². The summed E-state index contributed by atoms with van der Waals surface area (Å²) in [4.78, 5) is 0. The first kappa shape index (κ1) is 22.2. The summed E-state index contributed by atoms with van der Waals surface area (Å²) in [7, 11) is 0. The third kappa shape index (κ3) is 7.54. The van der Waals surface area contributed by atoms with E-state index < -0.39 is 42.9 Å². The molecule has 6 atom stereocenters. The highest BCUT2D eigenvalue weighted by Crippen LogP contribution is 2.23. The lowest BCUT2D eigenvalue weighted by atomic mass is 9.98. The van der Waals surface area contributed by atoms with Gasteiger partial charge in [-0.2, -0.15) is 0 Å². The quantitative estimate of drug-likeness (QED) is 0.221. The lowest BCUT2D eigenvalue weighted by Crippen LogP contribution is -2.52. The Morgan fingerprint density at radius 3 is 2.09 bits per heavy atom. The molecule has 0 aliphatic heterocycles. The second kappa shape index (κ2) is 10.1. The molecule has 0 radical (unpaired) electrons. The van der Waals surface area contributed by atoms with E-state index in [4.69, 9.17) is 9.84 Å². The van der Waals surface area contributed by atoms with Gasteiger partial charge in [0.05, 0.1) is 12.2 Å². The Bertz CT molecular complexity index is 381. The van der Waals surface area contributed by atoms with Gasteiger partial charge in [0.2, 0.25) is 0 Å². The lowest BCUT2D eigenvalue weighted by molar-refractivity contribution is -0.240. The largest absolute Gasteiger partial charge is 0.394 e. The van der Waals surface area contributed by atoms with Crippen molar-refractivity contribution in [2.45, 2.75) is 69.9 Å². The van der Waals surface area contributed by atoms with Crippen LogP contribution in [0.25, 0.3) is 0 Å². The van der Waals surface area contributed by atoms with Crippen LogP contribution >= 0.6 is 0 Å². The van der Waals surface area contributed by atoms with Gasteiger partial charge in [0.1, 0.15) is 24.4 Å². The van der Waals surface area contributed by atoms with Gasteiger partial charge in [-0.25, -0.2) is 0 Å². The molecule has 7 nitrogen and oxygen atoms in total.